The summed E-state index contributed by atoms with van der Waals surface area (Å²) in [6.07, 6.45) is -0.673. The number of rotatable bonds is 8. The summed E-state index contributed by atoms with van der Waals surface area (Å²) in [6.45, 7) is 5.52. The van der Waals surface area contributed by atoms with Crippen molar-refractivity contribution in [1.82, 2.24) is 19.4 Å². The Morgan fingerprint density at radius 1 is 1.14 bits per heavy atom. The average molecular weight is 739 g/mol. The molecule has 0 saturated carbocycles. The van der Waals surface area contributed by atoms with Crippen LogP contribution in [0.4, 0.5) is 29.3 Å². The van der Waals surface area contributed by atoms with Gasteiger partial charge in [0.05, 0.1) is 42.3 Å². The van der Waals surface area contributed by atoms with Crippen LogP contribution in [0.3, 0.4) is 0 Å². The van der Waals surface area contributed by atoms with Crippen LogP contribution in [-0.2, 0) is 28.0 Å². The van der Waals surface area contributed by atoms with Crippen molar-refractivity contribution in [3.05, 3.63) is 66.1 Å². The number of amides is 3. The van der Waals surface area contributed by atoms with Gasteiger partial charge in [-0.1, -0.05) is 6.92 Å². The molecule has 4 atom stereocenters. The fourth-order valence-electron chi connectivity index (χ4n) is 5.50. The third-order valence-corrected chi connectivity index (χ3v) is 9.79. The quantitative estimate of drug-likeness (QED) is 0.285. The minimum absolute atomic E-state index is 0.0816. The zero-order valence-corrected chi connectivity index (χ0v) is 30.0. The second kappa shape index (κ2) is 16.8. The Morgan fingerprint density at radius 2 is 1.82 bits per heavy atom. The van der Waals surface area contributed by atoms with Crippen LogP contribution in [-0.4, -0.2) is 96.4 Å². The molecule has 3 aromatic rings. The van der Waals surface area contributed by atoms with Gasteiger partial charge in [0.25, 0.3) is 15.9 Å². The van der Waals surface area contributed by atoms with Crippen molar-refractivity contribution in [2.45, 2.75) is 69.5 Å². The number of aliphatic hydroxyl groups excluding tert-OH is 1. The topological polar surface area (TPSA) is 155 Å². The Labute approximate surface area is 295 Å². The van der Waals surface area contributed by atoms with E-state index in [1.54, 1.807) is 14.0 Å². The lowest BCUT2D eigenvalue weighted by molar-refractivity contribution is -0.137. The van der Waals surface area contributed by atoms with Gasteiger partial charge in [0.1, 0.15) is 5.75 Å². The first-order chi connectivity index (χ1) is 24.0. The lowest BCUT2D eigenvalue weighted by atomic mass is 10.0. The highest BCUT2D eigenvalue weighted by atomic mass is 32.2. The maximum atomic E-state index is 14.3. The van der Waals surface area contributed by atoms with Crippen molar-refractivity contribution in [2.75, 3.05) is 43.4 Å². The molecule has 1 aliphatic rings. The molecule has 17 heteroatoms. The summed E-state index contributed by atoms with van der Waals surface area (Å²) in [5.41, 5.74) is -0.461. The summed E-state index contributed by atoms with van der Waals surface area (Å²) in [6, 6.07) is 7.30. The van der Waals surface area contributed by atoms with Crippen molar-refractivity contribution >= 4 is 33.3 Å². The van der Waals surface area contributed by atoms with Crippen LogP contribution < -0.4 is 14.8 Å². The summed E-state index contributed by atoms with van der Waals surface area (Å²) < 4.78 is 81.5. The van der Waals surface area contributed by atoms with E-state index in [0.717, 1.165) is 18.6 Å². The lowest BCUT2D eigenvalue weighted by Crippen LogP contribution is -2.48. The van der Waals surface area contributed by atoms with Crippen molar-refractivity contribution < 1.29 is 45.8 Å². The highest BCUT2D eigenvalue weighted by Crippen LogP contribution is 2.31. The number of halogens is 3. The Kier molecular flexibility index (Phi) is 13.0. The molecule has 0 bridgehead atoms. The zero-order valence-electron chi connectivity index (χ0n) is 29.2. The van der Waals surface area contributed by atoms with Crippen molar-refractivity contribution in [2.24, 2.45) is 13.0 Å². The summed E-state index contributed by atoms with van der Waals surface area (Å²) in [5, 5.41) is 12.6. The predicted molar refractivity (Wildman–Crippen MR) is 184 cm³/mol. The van der Waals surface area contributed by atoms with E-state index in [2.05, 4.69) is 15.0 Å². The highest BCUT2D eigenvalue weighted by molar-refractivity contribution is 7.92. The average Bonchev–Trinajstić information content (AvgIpc) is 3.53. The van der Waals surface area contributed by atoms with E-state index in [1.807, 2.05) is 13.8 Å². The lowest BCUT2D eigenvalue weighted by Gasteiger charge is -2.35. The number of sulfonamides is 1. The SMILES string of the molecule is C[C@H]1CCCCO[C@@H](CN(C)C(=O)Nc2ccc(C(F)(F)F)cc2)[C@@H](C)CN([C@@H](C)CO)C(=O)c2cc(NS(=O)(=O)c3cn(C)cn3)ccc2O1. The number of imidazole rings is 1. The maximum Gasteiger partial charge on any atom is 0.416 e. The first-order valence-electron chi connectivity index (χ1n) is 16.5. The van der Waals surface area contributed by atoms with E-state index >= 15 is 0 Å². The third kappa shape index (κ3) is 10.6. The number of fused-ring (bicyclic) bond motifs is 1. The van der Waals surface area contributed by atoms with Gasteiger partial charge in [-0.05, 0) is 75.6 Å². The van der Waals surface area contributed by atoms with E-state index < -0.39 is 45.8 Å². The number of aryl methyl sites for hydroxylation is 1. The molecule has 2 aromatic carbocycles. The van der Waals surface area contributed by atoms with Gasteiger partial charge >= 0.3 is 12.2 Å². The van der Waals surface area contributed by atoms with Crippen molar-refractivity contribution in [3.8, 4) is 5.75 Å². The van der Waals surface area contributed by atoms with Gasteiger partial charge in [0.15, 0.2) is 5.03 Å². The van der Waals surface area contributed by atoms with Crippen molar-refractivity contribution in [3.63, 3.8) is 0 Å². The molecule has 280 valence electrons. The van der Waals surface area contributed by atoms with Crippen LogP contribution in [0.1, 0.15) is 56.0 Å². The molecular formula is C34H45F3N6O7S. The first kappa shape index (κ1) is 39.4. The number of nitrogens with one attached hydrogen (secondary N) is 2. The van der Waals surface area contributed by atoms with Crippen molar-refractivity contribution in [1.29, 1.82) is 0 Å². The Morgan fingerprint density at radius 3 is 2.45 bits per heavy atom. The number of anilines is 2. The monoisotopic (exact) mass is 738 g/mol. The zero-order chi connectivity index (χ0) is 37.5. The molecule has 3 N–H and O–H groups in total. The van der Waals surface area contributed by atoms with E-state index in [-0.39, 0.29) is 59.4 Å². The molecule has 1 aliphatic heterocycles. The molecule has 13 nitrogen and oxygen atoms in total. The van der Waals surface area contributed by atoms with Gasteiger partial charge < -0.3 is 34.3 Å². The molecule has 3 amide bonds. The Hall–Kier alpha value is -4.35. The minimum atomic E-state index is -4.51. The first-order valence-corrected chi connectivity index (χ1v) is 18.0. The molecular weight excluding hydrogens is 693 g/mol. The largest absolute Gasteiger partial charge is 0.490 e. The summed E-state index contributed by atoms with van der Waals surface area (Å²) in [7, 11) is -0.912. The number of carbonyl (C=O) groups is 2. The van der Waals surface area contributed by atoms with E-state index in [9.17, 15) is 36.3 Å². The summed E-state index contributed by atoms with van der Waals surface area (Å²) in [5.74, 6) is -0.657. The number of alkyl halides is 3. The van der Waals surface area contributed by atoms with Crippen LogP contribution in [0.2, 0.25) is 0 Å². The van der Waals surface area contributed by atoms with Crippen LogP contribution in [0.25, 0.3) is 0 Å². The maximum absolute atomic E-state index is 14.3. The molecule has 0 aliphatic carbocycles. The number of nitrogens with zero attached hydrogens (tertiary/aromatic N) is 4. The van der Waals surface area contributed by atoms with E-state index in [4.69, 9.17) is 9.47 Å². The van der Waals surface area contributed by atoms with Gasteiger partial charge in [-0.3, -0.25) is 9.52 Å². The second-order valence-electron chi connectivity index (χ2n) is 12.9. The van der Waals surface area contributed by atoms with Gasteiger partial charge in [0, 0.05) is 57.3 Å². The highest BCUT2D eigenvalue weighted by Gasteiger charge is 2.32. The number of hydrogen-bond acceptors (Lipinski definition) is 8. The standard InChI is InChI=1S/C34H45F3N6O7S/c1-22-17-43(23(2)20-44)32(45)28-16-27(40-51(47,48)31-19-41(4)21-38-31)13-14-29(28)50-24(3)8-6-7-15-49-30(22)18-42(5)33(46)39-26-11-9-25(10-12-26)34(35,36)37/h9-14,16,19,21-24,30,40,44H,6-8,15,17-18,20H2,1-5H3,(H,39,46)/t22-,23-,24-,30-/m0/s1. The predicted octanol–water partition coefficient (Wildman–Crippen LogP) is 5.20. The molecule has 1 aromatic heterocycles. The van der Waals surface area contributed by atoms with Crippen LogP contribution >= 0.6 is 0 Å². The fraction of sp³-hybridized carbons (Fsp3) is 0.500. The molecule has 0 fully saturated rings. The second-order valence-corrected chi connectivity index (χ2v) is 14.5. The number of urea groups is 1. The van der Waals surface area contributed by atoms with Gasteiger partial charge in [-0.15, -0.1) is 0 Å². The number of benzene rings is 2. The third-order valence-electron chi connectivity index (χ3n) is 8.52. The Balaban J connectivity index is 1.59. The minimum Gasteiger partial charge on any atom is -0.490 e. The van der Waals surface area contributed by atoms with Gasteiger partial charge in [0.2, 0.25) is 0 Å². The van der Waals surface area contributed by atoms with E-state index in [1.165, 1.54) is 64.3 Å². The van der Waals surface area contributed by atoms with Crippen LogP contribution in [0, 0.1) is 5.92 Å². The normalized spacial score (nSPS) is 20.1. The smallest absolute Gasteiger partial charge is 0.416 e. The van der Waals surface area contributed by atoms with Gasteiger partial charge in [-0.2, -0.15) is 21.6 Å². The number of carbonyl (C=O) groups excluding carboxylic acids is 2. The van der Waals surface area contributed by atoms with Crippen LogP contribution in [0.5, 0.6) is 5.75 Å². The molecule has 4 rings (SSSR count). The van der Waals surface area contributed by atoms with Crippen LogP contribution in [0.15, 0.2) is 60.0 Å². The molecule has 0 spiro atoms. The fourth-order valence-corrected chi connectivity index (χ4v) is 6.53. The number of aliphatic hydroxyl groups is 1. The number of aromatic nitrogens is 2. The number of likely N-dealkylation sites (N-methyl/N-ethyl adjacent to an activating group) is 1. The molecule has 0 unspecified atom stereocenters. The summed E-state index contributed by atoms with van der Waals surface area (Å²) in [4.78, 5) is 34.1. The molecule has 2 heterocycles. The molecule has 0 radical (unpaired) electrons. The number of hydrogen-bond donors (Lipinski definition) is 3. The molecule has 51 heavy (non-hydrogen) atoms. The molecule has 0 saturated heterocycles. The van der Waals surface area contributed by atoms with Gasteiger partial charge in [-0.25, -0.2) is 9.78 Å². The Bertz CT molecular complexity index is 1750. The number of ether oxygens (including phenoxy) is 2. The summed E-state index contributed by atoms with van der Waals surface area (Å²) >= 11 is 0. The van der Waals surface area contributed by atoms with E-state index in [0.29, 0.717) is 19.4 Å².